The number of carboxylic acid groups (broad SMARTS) is 4. The van der Waals surface area contributed by atoms with Gasteiger partial charge in [-0.25, -0.2) is 0 Å². The molecule has 0 aliphatic carbocycles. The molecule has 0 aromatic heterocycles. The molecule has 4 unspecified atom stereocenters. The fourth-order valence-corrected chi connectivity index (χ4v) is 3.43. The van der Waals surface area contributed by atoms with E-state index in [0.717, 1.165) is 5.56 Å². The number of hydrogen-bond donors (Lipinski definition) is 6. The van der Waals surface area contributed by atoms with Gasteiger partial charge < -0.3 is 29.9 Å². The summed E-state index contributed by atoms with van der Waals surface area (Å²) in [4.78, 5) is 44.2. The minimum absolute atomic E-state index is 0.132. The van der Waals surface area contributed by atoms with Gasteiger partial charge in [-0.05, 0) is 43.9 Å². The van der Waals surface area contributed by atoms with Gasteiger partial charge in [0.25, 0.3) is 0 Å². The second kappa shape index (κ2) is 13.1. The van der Waals surface area contributed by atoms with Crippen LogP contribution in [-0.4, -0.2) is 55.2 Å². The zero-order valence-electron chi connectivity index (χ0n) is 17.2. The molecule has 0 spiro atoms. The van der Waals surface area contributed by atoms with Crippen LogP contribution in [-0.2, 0) is 19.2 Å². The van der Waals surface area contributed by atoms with Gasteiger partial charge in [0.15, 0.2) is 16.9 Å². The van der Waals surface area contributed by atoms with Crippen molar-refractivity contribution in [1.29, 1.82) is 0 Å². The SMILES string of the molecule is Cc1ccc(OC(S)CCCC(CC(=O)O)C(=O)O)c(OC(S)C(CC(=O)O)C(=O)O)c1. The molecular weight excluding hydrogens is 464 g/mol. The number of ether oxygens (including phenoxy) is 2. The Labute approximate surface area is 195 Å². The number of benzene rings is 1. The summed E-state index contributed by atoms with van der Waals surface area (Å²) < 4.78 is 11.3. The fraction of sp³-hybridized carbons (Fsp3) is 0.500. The minimum atomic E-state index is -1.40. The molecule has 0 heterocycles. The number of aryl methyl sites for hydroxylation is 1. The molecule has 12 heteroatoms. The maximum absolute atomic E-state index is 11.4. The zero-order valence-corrected chi connectivity index (χ0v) is 19.0. The van der Waals surface area contributed by atoms with Crippen LogP contribution in [0.2, 0.25) is 0 Å². The Kier molecular flexibility index (Phi) is 11.2. The van der Waals surface area contributed by atoms with E-state index in [-0.39, 0.29) is 17.9 Å². The van der Waals surface area contributed by atoms with E-state index in [1.54, 1.807) is 25.1 Å². The van der Waals surface area contributed by atoms with Gasteiger partial charge in [-0.15, -0.1) is 25.3 Å². The molecule has 1 aromatic rings. The highest BCUT2D eigenvalue weighted by atomic mass is 32.1. The molecule has 178 valence electrons. The van der Waals surface area contributed by atoms with Gasteiger partial charge in [0.1, 0.15) is 11.4 Å². The summed E-state index contributed by atoms with van der Waals surface area (Å²) in [7, 11) is 0. The van der Waals surface area contributed by atoms with Gasteiger partial charge in [-0.1, -0.05) is 6.07 Å². The molecule has 10 nitrogen and oxygen atoms in total. The third kappa shape index (κ3) is 9.69. The average molecular weight is 491 g/mol. The molecule has 1 aromatic carbocycles. The highest BCUT2D eigenvalue weighted by Gasteiger charge is 2.30. The van der Waals surface area contributed by atoms with Crippen LogP contribution in [0.15, 0.2) is 18.2 Å². The van der Waals surface area contributed by atoms with Crippen molar-refractivity contribution in [3.05, 3.63) is 23.8 Å². The zero-order chi connectivity index (χ0) is 24.4. The molecule has 0 amide bonds. The largest absolute Gasteiger partial charge is 0.481 e. The van der Waals surface area contributed by atoms with Crippen LogP contribution >= 0.6 is 25.3 Å². The lowest BCUT2D eigenvalue weighted by Crippen LogP contribution is -2.31. The smallest absolute Gasteiger partial charge is 0.311 e. The summed E-state index contributed by atoms with van der Waals surface area (Å²) in [6, 6.07) is 4.87. The highest BCUT2D eigenvalue weighted by molar-refractivity contribution is 7.81. The molecule has 0 saturated carbocycles. The predicted octanol–water partition coefficient (Wildman–Crippen LogP) is 2.79. The van der Waals surface area contributed by atoms with Crippen molar-refractivity contribution in [1.82, 2.24) is 0 Å². The summed E-state index contributed by atoms with van der Waals surface area (Å²) in [5, 5.41) is 36.1. The lowest BCUT2D eigenvalue weighted by Gasteiger charge is -2.23. The summed E-state index contributed by atoms with van der Waals surface area (Å²) in [6.45, 7) is 1.77. The molecular formula is C20H26O10S2. The topological polar surface area (TPSA) is 168 Å². The Morgan fingerprint density at radius 2 is 1.50 bits per heavy atom. The molecule has 0 bridgehead atoms. The first-order chi connectivity index (χ1) is 14.9. The van der Waals surface area contributed by atoms with Gasteiger partial charge in [0.2, 0.25) is 0 Å². The number of hydrogen-bond acceptors (Lipinski definition) is 8. The maximum atomic E-state index is 11.4. The highest BCUT2D eigenvalue weighted by Crippen LogP contribution is 2.33. The molecule has 0 aliphatic heterocycles. The van der Waals surface area contributed by atoms with Gasteiger partial charge in [-0.3, -0.25) is 19.2 Å². The Balaban J connectivity index is 2.81. The van der Waals surface area contributed by atoms with Crippen LogP contribution in [0.5, 0.6) is 11.5 Å². The number of rotatable bonds is 15. The Morgan fingerprint density at radius 3 is 2.03 bits per heavy atom. The monoisotopic (exact) mass is 490 g/mol. The van der Waals surface area contributed by atoms with Gasteiger partial charge in [-0.2, -0.15) is 0 Å². The molecule has 0 aliphatic rings. The Morgan fingerprint density at radius 1 is 0.875 bits per heavy atom. The van der Waals surface area contributed by atoms with Crippen molar-refractivity contribution in [3.63, 3.8) is 0 Å². The summed E-state index contributed by atoms with van der Waals surface area (Å²) in [5.41, 5.74) is -1.18. The Bertz CT molecular complexity index is 829. The molecule has 0 radical (unpaired) electrons. The van der Waals surface area contributed by atoms with Crippen molar-refractivity contribution in [2.45, 2.75) is 49.9 Å². The average Bonchev–Trinajstić information content (AvgIpc) is 2.66. The first-order valence-corrected chi connectivity index (χ1v) is 10.6. The molecule has 0 fully saturated rings. The van der Waals surface area contributed by atoms with Crippen LogP contribution in [0.25, 0.3) is 0 Å². The van der Waals surface area contributed by atoms with Crippen LogP contribution in [0.3, 0.4) is 0 Å². The standard InChI is InChI=1S/C20H26O10S2/c1-10-5-6-13(14(7-10)30-20(32)12(19(27)28)9-16(23)24)29-17(31)4-2-3-11(18(25)26)8-15(21)22/h5-7,11-12,17,20,31-32H,2-4,8-9H2,1H3,(H,21,22)(H,23,24)(H,25,26)(H,27,28). The van der Waals surface area contributed by atoms with Crippen molar-refractivity contribution in [3.8, 4) is 11.5 Å². The quantitative estimate of drug-likeness (QED) is 0.159. The number of carbonyl (C=O) groups is 4. The minimum Gasteiger partial charge on any atom is -0.481 e. The van der Waals surface area contributed by atoms with E-state index in [1.165, 1.54) is 0 Å². The van der Waals surface area contributed by atoms with E-state index >= 15 is 0 Å². The van der Waals surface area contributed by atoms with Crippen molar-refractivity contribution >= 4 is 49.1 Å². The third-order valence-electron chi connectivity index (χ3n) is 4.44. The second-order valence-corrected chi connectivity index (χ2v) is 8.22. The second-order valence-electron chi connectivity index (χ2n) is 7.14. The predicted molar refractivity (Wildman–Crippen MR) is 119 cm³/mol. The number of carboxylic acids is 4. The van der Waals surface area contributed by atoms with E-state index in [9.17, 15) is 24.3 Å². The summed E-state index contributed by atoms with van der Waals surface area (Å²) in [6.07, 6.45) is -0.376. The van der Waals surface area contributed by atoms with Gasteiger partial charge in [0.05, 0.1) is 18.8 Å². The van der Waals surface area contributed by atoms with E-state index in [2.05, 4.69) is 25.3 Å². The van der Waals surface area contributed by atoms with Gasteiger partial charge in [0, 0.05) is 0 Å². The van der Waals surface area contributed by atoms with Crippen LogP contribution in [0.4, 0.5) is 0 Å². The first kappa shape index (κ1) is 27.4. The van der Waals surface area contributed by atoms with Gasteiger partial charge >= 0.3 is 23.9 Å². The molecule has 4 N–H and O–H groups in total. The van der Waals surface area contributed by atoms with Crippen LogP contribution < -0.4 is 9.47 Å². The normalized spacial score (nSPS) is 14.6. The summed E-state index contributed by atoms with van der Waals surface area (Å²) in [5.74, 6) is -7.11. The number of thiol groups is 2. The van der Waals surface area contributed by atoms with E-state index in [1.807, 2.05) is 0 Å². The van der Waals surface area contributed by atoms with E-state index in [0.29, 0.717) is 12.8 Å². The van der Waals surface area contributed by atoms with Crippen molar-refractivity contribution in [2.24, 2.45) is 11.8 Å². The maximum Gasteiger partial charge on any atom is 0.311 e. The fourth-order valence-electron chi connectivity index (χ4n) is 2.78. The molecule has 32 heavy (non-hydrogen) atoms. The summed E-state index contributed by atoms with van der Waals surface area (Å²) >= 11 is 8.42. The third-order valence-corrected chi connectivity index (χ3v) is 5.27. The van der Waals surface area contributed by atoms with Crippen molar-refractivity contribution < 1.29 is 49.1 Å². The van der Waals surface area contributed by atoms with Crippen LogP contribution in [0, 0.1) is 18.8 Å². The number of aliphatic carboxylic acids is 4. The van der Waals surface area contributed by atoms with E-state index in [4.69, 9.17) is 24.8 Å². The van der Waals surface area contributed by atoms with Crippen molar-refractivity contribution in [2.75, 3.05) is 0 Å². The molecule has 4 atom stereocenters. The van der Waals surface area contributed by atoms with E-state index < -0.39 is 59.4 Å². The first-order valence-electron chi connectivity index (χ1n) is 9.60. The lowest BCUT2D eigenvalue weighted by atomic mass is 9.99. The molecule has 0 saturated heterocycles. The lowest BCUT2D eigenvalue weighted by molar-refractivity contribution is -0.149. The molecule has 1 rings (SSSR count). The van der Waals surface area contributed by atoms with Crippen LogP contribution in [0.1, 0.15) is 37.7 Å². The Hall–Kier alpha value is -2.60.